The number of aromatic hydroxyl groups is 2. The Morgan fingerprint density at radius 3 is 2.17 bits per heavy atom. The van der Waals surface area contributed by atoms with Crippen LogP contribution in [0.4, 0.5) is 0 Å². The lowest BCUT2D eigenvalue weighted by Gasteiger charge is -2.39. The SMILES string of the molecule is O=CO.O=CO.O=c1ccc2c([C@@H](O)CNCCc3ccc(OCCCc4ccc(O)c(C5(c6ccccc6)CCNCC5)c4)cc3)ccc(O)c2[nH]1. The molecule has 2 heterocycles. The van der Waals surface area contributed by atoms with Crippen molar-refractivity contribution in [3.05, 3.63) is 135 Å². The van der Waals surface area contributed by atoms with Crippen molar-refractivity contribution in [2.45, 2.75) is 43.6 Å². The van der Waals surface area contributed by atoms with Gasteiger partial charge in [0, 0.05) is 29.0 Å². The molecule has 1 saturated heterocycles. The Kier molecular flexibility index (Phi) is 15.4. The van der Waals surface area contributed by atoms with Crippen LogP contribution in [0.2, 0.25) is 0 Å². The minimum atomic E-state index is -0.789. The quantitative estimate of drug-likeness (QED) is 0.0607. The highest BCUT2D eigenvalue weighted by atomic mass is 16.5. The van der Waals surface area contributed by atoms with Gasteiger partial charge in [0.15, 0.2) is 0 Å². The molecular weight excluding hydrogens is 678 g/mol. The maximum atomic E-state index is 11.7. The van der Waals surface area contributed by atoms with Gasteiger partial charge >= 0.3 is 0 Å². The van der Waals surface area contributed by atoms with Crippen molar-refractivity contribution in [2.75, 3.05) is 32.8 Å². The van der Waals surface area contributed by atoms with Crippen molar-refractivity contribution in [3.63, 3.8) is 0 Å². The number of nitrogens with one attached hydrogen (secondary N) is 3. The fourth-order valence-corrected chi connectivity index (χ4v) is 6.80. The fraction of sp³-hybridized carbons (Fsp3) is 0.293. The Hall–Kier alpha value is -5.69. The molecule has 1 fully saturated rings. The predicted molar refractivity (Wildman–Crippen MR) is 203 cm³/mol. The van der Waals surface area contributed by atoms with Gasteiger partial charge in [0.05, 0.1) is 18.2 Å². The van der Waals surface area contributed by atoms with Crippen LogP contribution < -0.4 is 20.9 Å². The molecule has 1 atom stereocenters. The van der Waals surface area contributed by atoms with Crippen molar-refractivity contribution in [1.82, 2.24) is 15.6 Å². The number of hydrogen-bond acceptors (Lipinski definition) is 9. The molecule has 0 bridgehead atoms. The molecule has 1 aliphatic rings. The summed E-state index contributed by atoms with van der Waals surface area (Å²) < 4.78 is 6.05. The van der Waals surface area contributed by atoms with E-state index in [2.05, 4.69) is 58.1 Å². The predicted octanol–water partition coefficient (Wildman–Crippen LogP) is 4.89. The standard InChI is InChI=1S/C39H43N3O5.2CH2O2/c43-34-15-10-28(25-33(34)39(19-22-40-23-20-39)29-6-2-1-3-7-29)5-4-24-47-30-11-8-27(9-12-30)18-21-41-26-36(45)31-13-16-35(44)38-32(31)14-17-37(46)42-38;2*2-1-3/h1-3,6-17,25,36,40-41,43-45H,4-5,18-24,26H2,(H,42,46);2*1H,(H,2,3)/t36-;;/m0../s1. The van der Waals surface area contributed by atoms with Crippen LogP contribution in [0.3, 0.4) is 0 Å². The Morgan fingerprint density at radius 2 is 1.47 bits per heavy atom. The van der Waals surface area contributed by atoms with Gasteiger partial charge in [-0.25, -0.2) is 0 Å². The monoisotopic (exact) mass is 725 g/mol. The summed E-state index contributed by atoms with van der Waals surface area (Å²) in [4.78, 5) is 31.0. The van der Waals surface area contributed by atoms with Gasteiger partial charge in [-0.2, -0.15) is 0 Å². The smallest absolute Gasteiger partial charge is 0.290 e. The van der Waals surface area contributed by atoms with E-state index in [0.29, 0.717) is 41.9 Å². The number of piperidine rings is 1. The molecule has 0 spiro atoms. The second kappa shape index (κ2) is 20.4. The van der Waals surface area contributed by atoms with Gasteiger partial charge in [-0.3, -0.25) is 14.4 Å². The lowest BCUT2D eigenvalue weighted by molar-refractivity contribution is -0.123. The Bertz CT molecular complexity index is 1940. The highest BCUT2D eigenvalue weighted by Gasteiger charge is 2.37. The molecule has 0 saturated carbocycles. The van der Waals surface area contributed by atoms with Gasteiger partial charge in [-0.05, 0) is 104 Å². The number of aryl methyl sites for hydroxylation is 1. The van der Waals surface area contributed by atoms with Gasteiger partial charge in [0.2, 0.25) is 5.56 Å². The highest BCUT2D eigenvalue weighted by Crippen LogP contribution is 2.44. The van der Waals surface area contributed by atoms with Crippen molar-refractivity contribution in [2.24, 2.45) is 0 Å². The average Bonchev–Trinajstić information content (AvgIpc) is 3.18. The first-order valence-corrected chi connectivity index (χ1v) is 17.5. The van der Waals surface area contributed by atoms with Crippen LogP contribution in [-0.4, -0.2) is 76.2 Å². The lowest BCUT2D eigenvalue weighted by Crippen LogP contribution is -2.40. The molecule has 0 unspecified atom stereocenters. The number of carbonyl (C=O) groups is 2. The molecule has 1 aromatic heterocycles. The van der Waals surface area contributed by atoms with Crippen LogP contribution in [0.15, 0.2) is 102 Å². The highest BCUT2D eigenvalue weighted by molar-refractivity contribution is 5.87. The number of pyridine rings is 1. The molecule has 8 N–H and O–H groups in total. The molecular formula is C41H47N3O9. The van der Waals surface area contributed by atoms with Crippen molar-refractivity contribution < 1.29 is 39.9 Å². The molecule has 0 amide bonds. The van der Waals surface area contributed by atoms with Crippen LogP contribution in [0.5, 0.6) is 17.2 Å². The minimum Gasteiger partial charge on any atom is -0.508 e. The fourth-order valence-electron chi connectivity index (χ4n) is 6.80. The van der Waals surface area contributed by atoms with E-state index in [4.69, 9.17) is 24.5 Å². The third-order valence-corrected chi connectivity index (χ3v) is 9.36. The number of fused-ring (bicyclic) bond motifs is 1. The molecule has 0 radical (unpaired) electrons. The molecule has 6 rings (SSSR count). The van der Waals surface area contributed by atoms with Gasteiger partial charge in [0.1, 0.15) is 17.2 Å². The topological polar surface area (TPSA) is 201 Å². The molecule has 5 aromatic rings. The first-order chi connectivity index (χ1) is 25.8. The molecule has 12 heteroatoms. The number of benzene rings is 4. The molecule has 0 aliphatic carbocycles. The van der Waals surface area contributed by atoms with Crippen LogP contribution in [0.1, 0.15) is 53.2 Å². The van der Waals surface area contributed by atoms with E-state index in [1.54, 1.807) is 12.1 Å². The summed E-state index contributed by atoms with van der Waals surface area (Å²) in [5.41, 5.74) is 5.13. The van der Waals surface area contributed by atoms with Crippen LogP contribution in [0, 0.1) is 0 Å². The minimum absolute atomic E-state index is 0.0232. The van der Waals surface area contributed by atoms with E-state index in [1.165, 1.54) is 23.3 Å². The molecule has 280 valence electrons. The number of aromatic nitrogens is 1. The van der Waals surface area contributed by atoms with E-state index in [0.717, 1.165) is 62.1 Å². The van der Waals surface area contributed by atoms with Crippen molar-refractivity contribution >= 4 is 23.8 Å². The zero-order valence-corrected chi connectivity index (χ0v) is 29.4. The maximum Gasteiger partial charge on any atom is 0.290 e. The van der Waals surface area contributed by atoms with Crippen molar-refractivity contribution in [1.29, 1.82) is 0 Å². The first-order valence-electron chi connectivity index (χ1n) is 17.5. The molecule has 12 nitrogen and oxygen atoms in total. The van der Waals surface area contributed by atoms with Gasteiger partial charge in [0.25, 0.3) is 12.9 Å². The zero-order chi connectivity index (χ0) is 38.1. The van der Waals surface area contributed by atoms with E-state index in [-0.39, 0.29) is 29.7 Å². The number of aliphatic hydroxyl groups excluding tert-OH is 1. The number of aliphatic hydroxyl groups is 1. The third-order valence-electron chi connectivity index (χ3n) is 9.36. The maximum absolute atomic E-state index is 11.7. The van der Waals surface area contributed by atoms with Crippen molar-refractivity contribution in [3.8, 4) is 17.2 Å². The third kappa shape index (κ3) is 10.9. The lowest BCUT2D eigenvalue weighted by atomic mass is 9.67. The normalized spacial score (nSPS) is 13.8. The number of phenols is 2. The van der Waals surface area contributed by atoms with E-state index < -0.39 is 6.10 Å². The second-order valence-electron chi connectivity index (χ2n) is 12.6. The number of H-pyrrole nitrogens is 1. The Morgan fingerprint density at radius 1 is 0.811 bits per heavy atom. The summed E-state index contributed by atoms with van der Waals surface area (Å²) in [6, 6.07) is 30.9. The first kappa shape index (κ1) is 40.1. The summed E-state index contributed by atoms with van der Waals surface area (Å²) >= 11 is 0. The molecule has 53 heavy (non-hydrogen) atoms. The van der Waals surface area contributed by atoms with E-state index >= 15 is 0 Å². The summed E-state index contributed by atoms with van der Waals surface area (Å²) in [5.74, 6) is 1.18. The number of carboxylic acid groups (broad SMARTS) is 2. The molecule has 1 aliphatic heterocycles. The van der Waals surface area contributed by atoms with Crippen LogP contribution in [0.25, 0.3) is 10.9 Å². The van der Waals surface area contributed by atoms with Gasteiger partial charge < -0.3 is 45.9 Å². The molecule has 4 aromatic carbocycles. The summed E-state index contributed by atoms with van der Waals surface area (Å²) in [6.07, 6.45) is 3.63. The summed E-state index contributed by atoms with van der Waals surface area (Å²) in [7, 11) is 0. The zero-order valence-electron chi connectivity index (χ0n) is 29.4. The summed E-state index contributed by atoms with van der Waals surface area (Å²) in [5, 5.41) is 53.0. The second-order valence-corrected chi connectivity index (χ2v) is 12.6. The number of ether oxygens (including phenoxy) is 1. The van der Waals surface area contributed by atoms with Crippen LogP contribution in [-0.2, 0) is 27.8 Å². The Balaban J connectivity index is 0.000000980. The number of rotatable bonds is 13. The number of hydrogen-bond donors (Lipinski definition) is 8. The largest absolute Gasteiger partial charge is 0.508 e. The summed E-state index contributed by atoms with van der Waals surface area (Å²) in [6.45, 7) is 2.97. The number of phenolic OH excluding ortho intramolecular Hbond substituents is 2. The van der Waals surface area contributed by atoms with E-state index in [1.807, 2.05) is 30.3 Å². The number of aromatic amines is 1. The van der Waals surface area contributed by atoms with Crippen LogP contribution >= 0.6 is 0 Å². The van der Waals surface area contributed by atoms with Gasteiger partial charge in [-0.15, -0.1) is 0 Å². The van der Waals surface area contributed by atoms with Gasteiger partial charge in [-0.1, -0.05) is 60.7 Å². The Labute approximate surface area is 307 Å². The van der Waals surface area contributed by atoms with E-state index in [9.17, 15) is 20.1 Å². The average molecular weight is 726 g/mol.